The molecule has 2 unspecified atom stereocenters. The van der Waals surface area contributed by atoms with Gasteiger partial charge in [0, 0.05) is 6.42 Å². The minimum Gasteiger partial charge on any atom is -0.299 e. The molecular formula is C30H41IO4S. The van der Waals surface area contributed by atoms with Gasteiger partial charge in [0.05, 0.1) is 5.41 Å². The summed E-state index contributed by atoms with van der Waals surface area (Å²) in [7, 11) is -4.78. The van der Waals surface area contributed by atoms with Gasteiger partial charge < -0.3 is 0 Å². The molecule has 2 fully saturated rings. The monoisotopic (exact) mass is 624 g/mol. The fraction of sp³-hybridized carbons (Fsp3) is 0.567. The molecule has 198 valence electrons. The molecule has 2 atom stereocenters. The third-order valence-corrected chi connectivity index (χ3v) is 10.8. The molecule has 0 radical (unpaired) electrons. The Labute approximate surface area is 234 Å². The van der Waals surface area contributed by atoms with Gasteiger partial charge in [0.25, 0.3) is 10.1 Å². The minimum absolute atomic E-state index is 0. The van der Waals surface area contributed by atoms with Crippen molar-refractivity contribution < 1.29 is 17.8 Å². The van der Waals surface area contributed by atoms with Crippen molar-refractivity contribution in [2.24, 2.45) is 16.7 Å². The van der Waals surface area contributed by atoms with Crippen LogP contribution < -0.4 is 0 Å². The van der Waals surface area contributed by atoms with Crippen molar-refractivity contribution in [1.82, 2.24) is 0 Å². The van der Waals surface area contributed by atoms with E-state index in [9.17, 15) is 17.8 Å². The van der Waals surface area contributed by atoms with Crippen LogP contribution in [0.25, 0.3) is 0 Å². The largest absolute Gasteiger partial charge is 0.299 e. The SMILES string of the molecule is CC(C)(C)c1ccc(C(c2ccc(C(C)(C)C)cc2)(C23CCC(CC2=O)C3(C)C)S(=O)(=O)O)cc1.I. The molecule has 2 aliphatic rings. The van der Waals surface area contributed by atoms with E-state index in [4.69, 9.17) is 0 Å². The van der Waals surface area contributed by atoms with E-state index in [-0.39, 0.29) is 46.5 Å². The molecule has 0 aliphatic heterocycles. The average Bonchev–Trinajstić information content (AvgIpc) is 3.09. The topological polar surface area (TPSA) is 71.4 Å². The van der Waals surface area contributed by atoms with Gasteiger partial charge in [0.1, 0.15) is 5.78 Å². The maximum atomic E-state index is 13.9. The number of fused-ring (bicyclic) bond motifs is 2. The summed E-state index contributed by atoms with van der Waals surface area (Å²) in [6.45, 7) is 16.7. The molecule has 2 aromatic carbocycles. The Kier molecular flexibility index (Phi) is 7.25. The van der Waals surface area contributed by atoms with Crippen molar-refractivity contribution in [2.45, 2.75) is 90.2 Å². The summed E-state index contributed by atoms with van der Waals surface area (Å²) < 4.78 is 37.0. The maximum Gasteiger partial charge on any atom is 0.280 e. The van der Waals surface area contributed by atoms with E-state index in [2.05, 4.69) is 41.5 Å². The Balaban J connectivity index is 0.00000361. The lowest BCUT2D eigenvalue weighted by molar-refractivity contribution is -0.131. The summed E-state index contributed by atoms with van der Waals surface area (Å²) in [6, 6.07) is 15.0. The van der Waals surface area contributed by atoms with E-state index < -0.39 is 25.7 Å². The molecule has 1 N–H and O–H groups in total. The number of benzene rings is 2. The lowest BCUT2D eigenvalue weighted by Gasteiger charge is -2.51. The minimum atomic E-state index is -4.78. The number of halogens is 1. The molecule has 4 nitrogen and oxygen atoms in total. The number of ketones is 1. The van der Waals surface area contributed by atoms with Crippen molar-refractivity contribution in [1.29, 1.82) is 0 Å². The molecular weight excluding hydrogens is 583 g/mol. The molecule has 2 saturated carbocycles. The standard InChI is InChI=1S/C30H40O4S.HI/c1-26(2,3)20-9-13-22(14-10-20)30(35(32,33)34,23-15-11-21(12-16-23)27(4,5)6)29-18-17-24(19-25(29)31)28(29,7)8;/h9-16,24H,17-19H2,1-8H3,(H,32,33,34);1H. The van der Waals surface area contributed by atoms with Crippen LogP contribution in [0.5, 0.6) is 0 Å². The van der Waals surface area contributed by atoms with E-state index in [1.807, 2.05) is 62.4 Å². The van der Waals surface area contributed by atoms with Gasteiger partial charge in [0.2, 0.25) is 0 Å². The zero-order valence-electron chi connectivity index (χ0n) is 22.8. The van der Waals surface area contributed by atoms with Crippen molar-refractivity contribution in [2.75, 3.05) is 0 Å². The van der Waals surface area contributed by atoms with Gasteiger partial charge in [-0.15, -0.1) is 24.0 Å². The molecule has 2 aliphatic carbocycles. The van der Waals surface area contributed by atoms with Crippen molar-refractivity contribution in [3.63, 3.8) is 0 Å². The van der Waals surface area contributed by atoms with E-state index in [1.54, 1.807) is 0 Å². The van der Waals surface area contributed by atoms with E-state index in [0.29, 0.717) is 24.0 Å². The molecule has 0 saturated heterocycles. The Morgan fingerprint density at radius 3 is 1.39 bits per heavy atom. The zero-order chi connectivity index (χ0) is 26.2. The van der Waals surface area contributed by atoms with Crippen LogP contribution in [0.1, 0.15) is 96.9 Å². The fourth-order valence-electron chi connectivity index (χ4n) is 7.09. The average molecular weight is 625 g/mol. The van der Waals surface area contributed by atoms with Crippen molar-refractivity contribution in [3.8, 4) is 0 Å². The maximum absolute atomic E-state index is 13.9. The highest BCUT2D eigenvalue weighted by Crippen LogP contribution is 2.73. The highest BCUT2D eigenvalue weighted by Gasteiger charge is 2.77. The Morgan fingerprint density at radius 2 is 1.14 bits per heavy atom. The van der Waals surface area contributed by atoms with Crippen LogP contribution in [-0.2, 0) is 30.5 Å². The van der Waals surface area contributed by atoms with Gasteiger partial charge in [-0.1, -0.05) is 104 Å². The molecule has 0 aromatic heterocycles. The Morgan fingerprint density at radius 1 is 0.778 bits per heavy atom. The highest BCUT2D eigenvalue weighted by atomic mass is 127. The summed E-state index contributed by atoms with van der Waals surface area (Å²) >= 11 is 0. The second-order valence-electron chi connectivity index (χ2n) is 13.3. The zero-order valence-corrected chi connectivity index (χ0v) is 26.0. The number of carbonyl (C=O) groups is 1. The number of rotatable bonds is 4. The van der Waals surface area contributed by atoms with Crippen LogP contribution in [0.15, 0.2) is 48.5 Å². The molecule has 0 amide bonds. The van der Waals surface area contributed by atoms with Gasteiger partial charge in [-0.3, -0.25) is 9.35 Å². The van der Waals surface area contributed by atoms with Crippen molar-refractivity contribution >= 4 is 39.9 Å². The molecule has 6 heteroatoms. The molecule has 4 rings (SSSR count). The summed E-state index contributed by atoms with van der Waals surface area (Å²) in [6.07, 6.45) is 1.56. The lowest BCUT2D eigenvalue weighted by atomic mass is 9.57. The Hall–Kier alpha value is -1.25. The van der Waals surface area contributed by atoms with Gasteiger partial charge in [0.15, 0.2) is 4.75 Å². The number of carbonyl (C=O) groups excluding carboxylic acids is 1. The van der Waals surface area contributed by atoms with Crippen LogP contribution >= 0.6 is 24.0 Å². The van der Waals surface area contributed by atoms with Gasteiger partial charge >= 0.3 is 0 Å². The van der Waals surface area contributed by atoms with Crippen LogP contribution in [0.2, 0.25) is 0 Å². The molecule has 36 heavy (non-hydrogen) atoms. The fourth-order valence-corrected chi connectivity index (χ4v) is 8.88. The third kappa shape index (κ3) is 3.92. The lowest BCUT2D eigenvalue weighted by Crippen LogP contribution is -2.58. The summed E-state index contributed by atoms with van der Waals surface area (Å²) in [5.74, 6) is 0.0370. The second kappa shape index (κ2) is 8.91. The quantitative estimate of drug-likeness (QED) is 0.284. The predicted molar refractivity (Wildman–Crippen MR) is 157 cm³/mol. The van der Waals surface area contributed by atoms with E-state index in [0.717, 1.165) is 17.5 Å². The van der Waals surface area contributed by atoms with Gasteiger partial charge in [-0.2, -0.15) is 8.42 Å². The van der Waals surface area contributed by atoms with Crippen LogP contribution in [0.3, 0.4) is 0 Å². The van der Waals surface area contributed by atoms with E-state index >= 15 is 0 Å². The Bertz CT molecular complexity index is 1190. The van der Waals surface area contributed by atoms with Crippen LogP contribution in [0, 0.1) is 16.7 Å². The normalized spacial score (nSPS) is 24.0. The number of hydrogen-bond donors (Lipinski definition) is 1. The first kappa shape index (κ1) is 29.3. The molecule has 0 heterocycles. The van der Waals surface area contributed by atoms with Crippen LogP contribution in [0.4, 0.5) is 0 Å². The van der Waals surface area contributed by atoms with Crippen LogP contribution in [-0.4, -0.2) is 18.8 Å². The smallest absolute Gasteiger partial charge is 0.280 e. The van der Waals surface area contributed by atoms with Gasteiger partial charge in [-0.25, -0.2) is 0 Å². The number of hydrogen-bond acceptors (Lipinski definition) is 3. The summed E-state index contributed by atoms with van der Waals surface area (Å²) in [4.78, 5) is 13.9. The first-order chi connectivity index (χ1) is 15.9. The summed E-state index contributed by atoms with van der Waals surface area (Å²) in [5, 5.41) is 0. The first-order valence-corrected chi connectivity index (χ1v) is 14.1. The van der Waals surface area contributed by atoms with E-state index in [1.165, 1.54) is 0 Å². The third-order valence-electron chi connectivity index (χ3n) is 9.20. The number of Topliss-reactive ketones (excluding diaryl/α,β-unsaturated/α-hetero) is 1. The van der Waals surface area contributed by atoms with Crippen molar-refractivity contribution in [3.05, 3.63) is 70.8 Å². The molecule has 0 spiro atoms. The van der Waals surface area contributed by atoms with Gasteiger partial charge in [-0.05, 0) is 57.3 Å². The predicted octanol–water partition coefficient (Wildman–Crippen LogP) is 7.43. The second-order valence-corrected chi connectivity index (χ2v) is 14.9. The highest BCUT2D eigenvalue weighted by molar-refractivity contribution is 14.0. The molecule has 2 bridgehead atoms. The molecule has 2 aromatic rings. The summed E-state index contributed by atoms with van der Waals surface area (Å²) in [5.41, 5.74) is 0.955. The first-order valence-electron chi connectivity index (χ1n) is 12.6.